The molecular weight excluding hydrogens is 450 g/mol. The molecule has 2 unspecified atom stereocenters. The lowest BCUT2D eigenvalue weighted by atomic mass is 9.88. The van der Waals surface area contributed by atoms with E-state index in [1.54, 1.807) is 22.8 Å². The van der Waals surface area contributed by atoms with Crippen LogP contribution in [0.25, 0.3) is 0 Å². The van der Waals surface area contributed by atoms with Crippen LogP contribution in [0.2, 0.25) is 0 Å². The van der Waals surface area contributed by atoms with Crippen molar-refractivity contribution in [3.05, 3.63) is 65.1 Å². The minimum atomic E-state index is -0.791. The van der Waals surface area contributed by atoms with E-state index >= 15 is 0 Å². The molecule has 1 aliphatic heterocycles. The fraction of sp³-hybridized carbons (Fsp3) is 0.440. The molecule has 4 rings (SSSR count). The Balaban J connectivity index is 1.52. The zero-order chi connectivity index (χ0) is 24.1. The van der Waals surface area contributed by atoms with Gasteiger partial charge in [0, 0.05) is 32.0 Å². The van der Waals surface area contributed by atoms with E-state index in [0.717, 1.165) is 41.7 Å². The van der Waals surface area contributed by atoms with Gasteiger partial charge in [0.25, 0.3) is 0 Å². The molecular formula is C25H31N5O3S. The van der Waals surface area contributed by atoms with Crippen molar-refractivity contribution in [3.8, 4) is 5.75 Å². The van der Waals surface area contributed by atoms with Crippen molar-refractivity contribution in [1.82, 2.24) is 24.3 Å². The van der Waals surface area contributed by atoms with Crippen molar-refractivity contribution >= 4 is 17.9 Å². The number of aliphatic carboxylic acids is 1. The second kappa shape index (κ2) is 11.0. The fourth-order valence-electron chi connectivity index (χ4n) is 4.16. The maximum absolute atomic E-state index is 11.6. The monoisotopic (exact) mass is 481 g/mol. The quantitative estimate of drug-likeness (QED) is 0.447. The van der Waals surface area contributed by atoms with E-state index in [-0.39, 0.29) is 18.4 Å². The highest BCUT2D eigenvalue weighted by Crippen LogP contribution is 2.35. The lowest BCUT2D eigenvalue weighted by Gasteiger charge is -2.23. The van der Waals surface area contributed by atoms with Crippen molar-refractivity contribution in [2.45, 2.75) is 70.2 Å². The smallest absolute Gasteiger partial charge is 0.303 e. The number of carbonyl (C=O) groups is 1. The summed E-state index contributed by atoms with van der Waals surface area (Å²) in [6, 6.07) is 10.2. The molecule has 0 saturated carbocycles. The summed E-state index contributed by atoms with van der Waals surface area (Å²) in [7, 11) is 0. The van der Waals surface area contributed by atoms with Gasteiger partial charge in [0.1, 0.15) is 6.10 Å². The zero-order valence-electron chi connectivity index (χ0n) is 19.8. The molecule has 0 bridgehead atoms. The van der Waals surface area contributed by atoms with Crippen LogP contribution in [-0.2, 0) is 24.3 Å². The highest BCUT2D eigenvalue weighted by molar-refractivity contribution is 7.97. The van der Waals surface area contributed by atoms with Crippen LogP contribution in [0, 0.1) is 6.92 Å². The number of carboxylic acids is 1. The van der Waals surface area contributed by atoms with Gasteiger partial charge in [-0.05, 0) is 80.3 Å². The normalized spacial score (nSPS) is 17.0. The van der Waals surface area contributed by atoms with Crippen molar-refractivity contribution in [2.24, 2.45) is 0 Å². The van der Waals surface area contributed by atoms with Crippen LogP contribution in [0.1, 0.15) is 55.0 Å². The number of fused-ring (bicyclic) bond motifs is 1. The number of ether oxygens (including phenoxy) is 1. The number of carboxylic acid groups (broad SMARTS) is 1. The Morgan fingerprint density at radius 1 is 1.35 bits per heavy atom. The number of aromatic nitrogens is 4. The second-order valence-electron chi connectivity index (χ2n) is 8.73. The van der Waals surface area contributed by atoms with Gasteiger partial charge in [-0.2, -0.15) is 0 Å². The average molecular weight is 482 g/mol. The number of pyridine rings is 1. The molecule has 9 heteroatoms. The van der Waals surface area contributed by atoms with E-state index in [1.807, 2.05) is 25.3 Å². The van der Waals surface area contributed by atoms with Gasteiger partial charge in [0.2, 0.25) is 0 Å². The molecule has 0 amide bonds. The van der Waals surface area contributed by atoms with Gasteiger partial charge < -0.3 is 9.84 Å². The van der Waals surface area contributed by atoms with Gasteiger partial charge >= 0.3 is 5.97 Å². The van der Waals surface area contributed by atoms with Crippen LogP contribution in [0.3, 0.4) is 0 Å². The third-order valence-electron chi connectivity index (χ3n) is 6.01. The molecule has 1 N–H and O–H groups in total. The van der Waals surface area contributed by atoms with Crippen LogP contribution in [0.5, 0.6) is 5.75 Å². The van der Waals surface area contributed by atoms with E-state index in [4.69, 9.17) is 4.74 Å². The van der Waals surface area contributed by atoms with Gasteiger partial charge in [-0.1, -0.05) is 23.4 Å². The summed E-state index contributed by atoms with van der Waals surface area (Å²) in [5.41, 5.74) is 4.31. The maximum atomic E-state index is 11.6. The Labute approximate surface area is 204 Å². The number of nitrogens with zero attached hydrogens (tertiary/aromatic N) is 5. The van der Waals surface area contributed by atoms with Gasteiger partial charge in [-0.3, -0.25) is 9.48 Å². The van der Waals surface area contributed by atoms with Crippen molar-refractivity contribution in [3.63, 3.8) is 0 Å². The maximum Gasteiger partial charge on any atom is 0.303 e. The van der Waals surface area contributed by atoms with Crippen molar-refractivity contribution in [1.29, 1.82) is 0 Å². The van der Waals surface area contributed by atoms with Crippen LogP contribution in [0.15, 0.2) is 47.8 Å². The van der Waals surface area contributed by atoms with E-state index in [0.29, 0.717) is 12.8 Å². The van der Waals surface area contributed by atoms with E-state index in [1.165, 1.54) is 11.1 Å². The van der Waals surface area contributed by atoms with E-state index in [9.17, 15) is 9.90 Å². The van der Waals surface area contributed by atoms with Crippen LogP contribution >= 0.6 is 11.9 Å². The number of benzene rings is 1. The summed E-state index contributed by atoms with van der Waals surface area (Å²) in [6.07, 6.45) is 5.25. The van der Waals surface area contributed by atoms with Gasteiger partial charge in [-0.15, -0.1) is 5.10 Å². The molecule has 2 atom stereocenters. The molecule has 1 aromatic carbocycles. The fourth-order valence-corrected chi connectivity index (χ4v) is 5.21. The summed E-state index contributed by atoms with van der Waals surface area (Å²) in [5.74, 6) is -0.0689. The first kappa shape index (κ1) is 24.2. The largest absolute Gasteiger partial charge is 0.486 e. The van der Waals surface area contributed by atoms with Gasteiger partial charge in [0.05, 0.1) is 12.1 Å². The third-order valence-corrected chi connectivity index (χ3v) is 7.03. The highest BCUT2D eigenvalue weighted by atomic mass is 32.2. The Hall–Kier alpha value is -2.91. The summed E-state index contributed by atoms with van der Waals surface area (Å²) >= 11 is 1.61. The Morgan fingerprint density at radius 3 is 2.97 bits per heavy atom. The summed E-state index contributed by atoms with van der Waals surface area (Å²) < 4.78 is 10.1. The molecule has 180 valence electrons. The summed E-state index contributed by atoms with van der Waals surface area (Å²) in [5, 5.41) is 18.7. The third kappa shape index (κ3) is 6.15. The summed E-state index contributed by atoms with van der Waals surface area (Å²) in [6.45, 7) is 8.43. The van der Waals surface area contributed by atoms with E-state index in [2.05, 4.69) is 51.6 Å². The number of rotatable bonds is 9. The van der Waals surface area contributed by atoms with E-state index < -0.39 is 5.97 Å². The van der Waals surface area contributed by atoms with Gasteiger partial charge in [0.15, 0.2) is 10.8 Å². The van der Waals surface area contributed by atoms with Crippen molar-refractivity contribution in [2.75, 3.05) is 6.54 Å². The first-order valence-corrected chi connectivity index (χ1v) is 12.4. The average Bonchev–Trinajstić information content (AvgIpc) is 3.20. The minimum absolute atomic E-state index is 0.0396. The Morgan fingerprint density at radius 2 is 2.21 bits per heavy atom. The molecule has 3 aromatic rings. The molecule has 0 spiro atoms. The minimum Gasteiger partial charge on any atom is -0.486 e. The Kier molecular flexibility index (Phi) is 7.84. The first-order chi connectivity index (χ1) is 16.4. The van der Waals surface area contributed by atoms with Crippen LogP contribution in [0.4, 0.5) is 0 Å². The molecule has 34 heavy (non-hydrogen) atoms. The first-order valence-electron chi connectivity index (χ1n) is 11.7. The molecule has 1 aliphatic rings. The van der Waals surface area contributed by atoms with Crippen molar-refractivity contribution < 1.29 is 14.6 Å². The summed E-state index contributed by atoms with van der Waals surface area (Å²) in [4.78, 5) is 16.1. The molecule has 0 fully saturated rings. The topological polar surface area (TPSA) is 93.4 Å². The number of aryl methyl sites for hydroxylation is 3. The predicted molar refractivity (Wildman–Crippen MR) is 131 cm³/mol. The number of hydrogen-bond acceptors (Lipinski definition) is 7. The molecule has 8 nitrogen and oxygen atoms in total. The Bertz CT molecular complexity index is 1140. The SMILES string of the molecule is CCn1cc(CCC(CC(=O)O)c2ccc(C)c(CN3CC(C)Oc4cccnc4S3)c2)nn1. The van der Waals surface area contributed by atoms with Gasteiger partial charge in [-0.25, -0.2) is 9.29 Å². The molecule has 0 aliphatic carbocycles. The van der Waals surface area contributed by atoms with Crippen LogP contribution < -0.4 is 4.74 Å². The molecule has 0 saturated heterocycles. The zero-order valence-corrected chi connectivity index (χ0v) is 20.7. The lowest BCUT2D eigenvalue weighted by Crippen LogP contribution is -2.27. The predicted octanol–water partition coefficient (Wildman–Crippen LogP) is 4.48. The van der Waals surface area contributed by atoms with Crippen LogP contribution in [-0.4, -0.2) is 48.0 Å². The molecule has 2 aromatic heterocycles. The standard InChI is InChI=1S/C25H31N5O3S/c1-4-29-16-22(27-28-29)10-9-20(13-24(31)32)19-8-7-17(2)21(12-19)15-30-14-18(3)33-23-6-5-11-26-25(23)34-30/h5-8,11-12,16,18,20H,4,9-10,13-15H2,1-3H3,(H,31,32). The lowest BCUT2D eigenvalue weighted by molar-refractivity contribution is -0.137. The molecule has 0 radical (unpaired) electrons. The number of hydrogen-bond donors (Lipinski definition) is 1. The molecule has 3 heterocycles. The highest BCUT2D eigenvalue weighted by Gasteiger charge is 2.23. The second-order valence-corrected chi connectivity index (χ2v) is 9.82.